The first-order chi connectivity index (χ1) is 17.4. The number of anilines is 1. The Morgan fingerprint density at radius 2 is 1.72 bits per heavy atom. The highest BCUT2D eigenvalue weighted by Gasteiger charge is 2.61. The van der Waals surface area contributed by atoms with Gasteiger partial charge in [-0.25, -0.2) is 4.79 Å². The lowest BCUT2D eigenvalue weighted by Crippen LogP contribution is -2.48. The van der Waals surface area contributed by atoms with Gasteiger partial charge in [0.05, 0.1) is 11.8 Å². The number of nitrogens with one attached hydrogen (secondary N) is 1. The zero-order valence-electron chi connectivity index (χ0n) is 19.9. The highest BCUT2D eigenvalue weighted by atomic mass is 79.9. The van der Waals surface area contributed by atoms with Crippen LogP contribution < -0.4 is 5.32 Å². The highest BCUT2D eigenvalue weighted by Crippen LogP contribution is 2.53. The summed E-state index contributed by atoms with van der Waals surface area (Å²) in [6, 6.07) is 13.6. The number of imide groups is 1. The molecule has 5 atom stereocenters. The van der Waals surface area contributed by atoms with E-state index in [1.807, 2.05) is 61.5 Å². The maximum atomic E-state index is 13.4. The number of carbonyl (C=O) groups is 4. The number of fused-ring (bicyclic) bond motifs is 5. The number of esters is 1. The van der Waals surface area contributed by atoms with Crippen LogP contribution in [0.5, 0.6) is 0 Å². The standard InChI is InChI=1S/C28H27BrN2O5/c1-2-17-14-20(29)10-11-21(17)30-23(32)15-36-28(35)22(12-16-6-4-3-5-7-16)31-26(33)24-18-8-9-19(13-18)25(24)27(31)34/h3-11,14,18-19,22,24-25H,2,12-13,15H2,1H3,(H,30,32)/t18-,19-,22-,24-,25+/m0/s1. The molecule has 0 radical (unpaired) electrons. The minimum atomic E-state index is -1.12. The number of hydrogen-bond donors (Lipinski definition) is 1. The smallest absolute Gasteiger partial charge is 0.330 e. The molecular formula is C28H27BrN2O5. The number of benzene rings is 2. The molecule has 5 rings (SSSR count). The lowest BCUT2D eigenvalue weighted by molar-refractivity contribution is -0.160. The summed E-state index contributed by atoms with van der Waals surface area (Å²) in [5.41, 5.74) is 2.38. The van der Waals surface area contributed by atoms with Crippen molar-refractivity contribution in [2.45, 2.75) is 32.2 Å². The average molecular weight is 551 g/mol. The van der Waals surface area contributed by atoms with E-state index in [2.05, 4.69) is 21.2 Å². The molecule has 7 nitrogen and oxygen atoms in total. The lowest BCUT2D eigenvalue weighted by atomic mass is 9.85. The fraction of sp³-hybridized carbons (Fsp3) is 0.357. The first-order valence-electron chi connectivity index (χ1n) is 12.2. The second-order valence-corrected chi connectivity index (χ2v) is 10.5. The molecule has 2 aliphatic carbocycles. The van der Waals surface area contributed by atoms with Gasteiger partial charge in [-0.05, 0) is 54.0 Å². The van der Waals surface area contributed by atoms with Crippen molar-refractivity contribution in [3.05, 3.63) is 76.3 Å². The molecule has 1 N–H and O–H groups in total. The van der Waals surface area contributed by atoms with Gasteiger partial charge >= 0.3 is 5.97 Å². The largest absolute Gasteiger partial charge is 0.454 e. The van der Waals surface area contributed by atoms with Crippen LogP contribution >= 0.6 is 15.9 Å². The van der Waals surface area contributed by atoms with Crippen molar-refractivity contribution in [3.63, 3.8) is 0 Å². The van der Waals surface area contributed by atoms with Gasteiger partial charge in [-0.1, -0.05) is 65.3 Å². The third kappa shape index (κ3) is 4.50. The van der Waals surface area contributed by atoms with E-state index in [4.69, 9.17) is 4.74 Å². The van der Waals surface area contributed by atoms with E-state index in [9.17, 15) is 19.2 Å². The number of hydrogen-bond acceptors (Lipinski definition) is 5. The SMILES string of the molecule is CCc1cc(Br)ccc1NC(=O)COC(=O)[C@H](Cc1ccccc1)N1C(=O)[C@@H]2[C@H](C1=O)[C@H]1C=C[C@H]2C1. The molecule has 2 aromatic rings. The number of likely N-dealkylation sites (tertiary alicyclic amines) is 1. The molecule has 3 amide bonds. The van der Waals surface area contributed by atoms with Crippen molar-refractivity contribution in [3.8, 4) is 0 Å². The Morgan fingerprint density at radius 1 is 1.06 bits per heavy atom. The molecule has 186 valence electrons. The van der Waals surface area contributed by atoms with E-state index >= 15 is 0 Å². The first kappa shape index (κ1) is 24.4. The molecule has 2 bridgehead atoms. The van der Waals surface area contributed by atoms with E-state index in [1.54, 1.807) is 6.07 Å². The molecule has 2 fully saturated rings. The number of ether oxygens (including phenoxy) is 1. The van der Waals surface area contributed by atoms with Gasteiger partial charge in [-0.15, -0.1) is 0 Å². The number of halogens is 1. The Bertz CT molecular complexity index is 1210. The topological polar surface area (TPSA) is 92.8 Å². The molecule has 1 aliphatic heterocycles. The summed E-state index contributed by atoms with van der Waals surface area (Å²) in [5.74, 6) is -2.62. The molecule has 1 saturated carbocycles. The van der Waals surface area contributed by atoms with Gasteiger partial charge in [0.25, 0.3) is 5.91 Å². The number of allylic oxidation sites excluding steroid dienone is 2. The summed E-state index contributed by atoms with van der Waals surface area (Å²) in [6.07, 6.45) is 5.69. The Morgan fingerprint density at radius 3 is 2.36 bits per heavy atom. The van der Waals surface area contributed by atoms with Crippen molar-refractivity contribution in [1.82, 2.24) is 4.90 Å². The van der Waals surface area contributed by atoms with Crippen molar-refractivity contribution < 1.29 is 23.9 Å². The fourth-order valence-corrected chi connectivity index (χ4v) is 6.15. The second kappa shape index (κ2) is 10.0. The third-order valence-electron chi connectivity index (χ3n) is 7.43. The zero-order chi connectivity index (χ0) is 25.4. The average Bonchev–Trinajstić information content (AvgIpc) is 3.56. The number of carbonyl (C=O) groups excluding carboxylic acids is 4. The van der Waals surface area contributed by atoms with Crippen LogP contribution in [0.25, 0.3) is 0 Å². The monoisotopic (exact) mass is 550 g/mol. The molecule has 1 heterocycles. The van der Waals surface area contributed by atoms with Crippen LogP contribution in [-0.4, -0.2) is 41.2 Å². The van der Waals surface area contributed by atoms with Gasteiger partial charge in [0, 0.05) is 16.6 Å². The fourth-order valence-electron chi connectivity index (χ4n) is 5.75. The van der Waals surface area contributed by atoms with Gasteiger partial charge in [-0.3, -0.25) is 19.3 Å². The zero-order valence-corrected chi connectivity index (χ0v) is 21.4. The van der Waals surface area contributed by atoms with Crippen LogP contribution in [0.4, 0.5) is 5.69 Å². The van der Waals surface area contributed by atoms with Crippen LogP contribution in [-0.2, 0) is 36.8 Å². The van der Waals surface area contributed by atoms with Gasteiger partial charge in [0.1, 0.15) is 6.04 Å². The van der Waals surface area contributed by atoms with E-state index in [1.165, 1.54) is 0 Å². The quantitative estimate of drug-likeness (QED) is 0.305. The summed E-state index contributed by atoms with van der Waals surface area (Å²) in [6.45, 7) is 1.46. The van der Waals surface area contributed by atoms with Crippen molar-refractivity contribution in [2.24, 2.45) is 23.7 Å². The minimum absolute atomic E-state index is 0.0410. The first-order valence-corrected chi connectivity index (χ1v) is 13.0. The van der Waals surface area contributed by atoms with Crippen LogP contribution in [0.15, 0.2) is 65.2 Å². The Balaban J connectivity index is 1.31. The summed E-state index contributed by atoms with van der Waals surface area (Å²) in [4.78, 5) is 53.7. The van der Waals surface area contributed by atoms with E-state index in [0.717, 1.165) is 26.9 Å². The number of aryl methyl sites for hydroxylation is 1. The molecule has 0 spiro atoms. The Labute approximate surface area is 218 Å². The summed E-state index contributed by atoms with van der Waals surface area (Å²) in [5, 5.41) is 2.78. The molecule has 0 aromatic heterocycles. The van der Waals surface area contributed by atoms with Gasteiger partial charge in [0.2, 0.25) is 11.8 Å². The molecular weight excluding hydrogens is 524 g/mol. The van der Waals surface area contributed by atoms with Gasteiger partial charge in [0.15, 0.2) is 6.61 Å². The summed E-state index contributed by atoms with van der Waals surface area (Å²) < 4.78 is 6.29. The van der Waals surface area contributed by atoms with E-state index < -0.39 is 36.4 Å². The van der Waals surface area contributed by atoms with Crippen molar-refractivity contribution in [2.75, 3.05) is 11.9 Å². The van der Waals surface area contributed by atoms with Crippen LogP contribution in [0, 0.1) is 23.7 Å². The van der Waals surface area contributed by atoms with Crippen LogP contribution in [0.2, 0.25) is 0 Å². The van der Waals surface area contributed by atoms with Crippen molar-refractivity contribution >= 4 is 45.3 Å². The predicted molar refractivity (Wildman–Crippen MR) is 137 cm³/mol. The maximum Gasteiger partial charge on any atom is 0.330 e. The maximum absolute atomic E-state index is 13.4. The van der Waals surface area contributed by atoms with Crippen LogP contribution in [0.3, 0.4) is 0 Å². The minimum Gasteiger partial charge on any atom is -0.454 e. The summed E-state index contributed by atoms with van der Waals surface area (Å²) in [7, 11) is 0. The molecule has 0 unspecified atom stereocenters. The molecule has 8 heteroatoms. The van der Waals surface area contributed by atoms with Crippen molar-refractivity contribution in [1.29, 1.82) is 0 Å². The highest BCUT2D eigenvalue weighted by molar-refractivity contribution is 9.10. The van der Waals surface area contributed by atoms with Gasteiger partial charge in [-0.2, -0.15) is 0 Å². The van der Waals surface area contributed by atoms with Gasteiger partial charge < -0.3 is 10.1 Å². The number of nitrogens with zero attached hydrogens (tertiary/aromatic N) is 1. The Hall–Kier alpha value is -3.26. The molecule has 2 aromatic carbocycles. The van der Waals surface area contributed by atoms with E-state index in [0.29, 0.717) is 12.1 Å². The lowest BCUT2D eigenvalue weighted by Gasteiger charge is -2.26. The predicted octanol–water partition coefficient (Wildman–Crippen LogP) is 3.91. The van der Waals surface area contributed by atoms with E-state index in [-0.39, 0.29) is 30.1 Å². The second-order valence-electron chi connectivity index (χ2n) is 9.56. The van der Waals surface area contributed by atoms with Crippen LogP contribution in [0.1, 0.15) is 24.5 Å². The summed E-state index contributed by atoms with van der Waals surface area (Å²) >= 11 is 3.42. The number of amides is 3. The third-order valence-corrected chi connectivity index (χ3v) is 7.92. The molecule has 1 saturated heterocycles. The molecule has 3 aliphatic rings. The Kier molecular flexibility index (Phi) is 6.79. The number of rotatable bonds is 8. The normalized spacial score (nSPS) is 24.7. The molecule has 36 heavy (non-hydrogen) atoms.